The van der Waals surface area contributed by atoms with Crippen LogP contribution >= 0.6 is 0 Å². The zero-order valence-electron chi connectivity index (χ0n) is 12.0. The molecular weight excluding hydrogens is 254 g/mol. The van der Waals surface area contributed by atoms with Gasteiger partial charge in [-0.15, -0.1) is 0 Å². The maximum absolute atomic E-state index is 9.80. The predicted molar refractivity (Wildman–Crippen MR) is 77.2 cm³/mol. The molecule has 4 nitrogen and oxygen atoms in total. The molecule has 1 aliphatic heterocycles. The summed E-state index contributed by atoms with van der Waals surface area (Å²) in [6.45, 7) is 4.45. The molecule has 110 valence electrons. The molecule has 1 fully saturated rings. The van der Waals surface area contributed by atoms with Crippen LogP contribution in [0.4, 0.5) is 0 Å². The Morgan fingerprint density at radius 1 is 1.25 bits per heavy atom. The summed E-state index contributed by atoms with van der Waals surface area (Å²) in [5.74, 6) is 2.36. The van der Waals surface area contributed by atoms with Gasteiger partial charge in [-0.3, -0.25) is 0 Å². The Bertz CT molecular complexity index is 473. The van der Waals surface area contributed by atoms with E-state index in [1.54, 1.807) is 0 Å². The Labute approximate surface area is 120 Å². The van der Waals surface area contributed by atoms with Crippen molar-refractivity contribution in [3.8, 4) is 11.5 Å². The molecule has 0 bridgehead atoms. The minimum absolute atomic E-state index is 0.0688. The van der Waals surface area contributed by atoms with Gasteiger partial charge in [0.2, 0.25) is 0 Å². The minimum atomic E-state index is -0.423. The van der Waals surface area contributed by atoms with Crippen LogP contribution in [-0.2, 0) is 5.54 Å². The molecule has 0 radical (unpaired) electrons. The van der Waals surface area contributed by atoms with E-state index >= 15 is 0 Å². The fraction of sp³-hybridized carbons (Fsp3) is 0.625. The van der Waals surface area contributed by atoms with E-state index in [0.717, 1.165) is 35.9 Å². The molecule has 1 heterocycles. The Morgan fingerprint density at radius 3 is 2.70 bits per heavy atom. The van der Waals surface area contributed by atoms with Crippen LogP contribution in [0.2, 0.25) is 0 Å². The zero-order chi connectivity index (χ0) is 14.0. The summed E-state index contributed by atoms with van der Waals surface area (Å²) in [5.41, 5.74) is 0.623. The van der Waals surface area contributed by atoms with Gasteiger partial charge in [-0.2, -0.15) is 0 Å². The average molecular weight is 277 g/mol. The molecule has 0 aromatic heterocycles. The van der Waals surface area contributed by atoms with Crippen LogP contribution in [0.1, 0.15) is 31.7 Å². The normalized spacial score (nSPS) is 21.1. The third-order valence-electron chi connectivity index (χ3n) is 4.18. The first-order valence-corrected chi connectivity index (χ1v) is 7.47. The van der Waals surface area contributed by atoms with Gasteiger partial charge in [-0.25, -0.2) is 0 Å². The van der Waals surface area contributed by atoms with E-state index in [1.807, 2.05) is 25.1 Å². The van der Waals surface area contributed by atoms with Crippen molar-refractivity contribution in [2.45, 2.75) is 31.7 Å². The van der Waals surface area contributed by atoms with Crippen molar-refractivity contribution in [1.29, 1.82) is 0 Å². The SMILES string of the molecule is CC(CO)(NCC1CC1)c1ccc2c(c1)OCCCO2. The van der Waals surface area contributed by atoms with Crippen LogP contribution in [0.5, 0.6) is 11.5 Å². The Hall–Kier alpha value is -1.26. The lowest BCUT2D eigenvalue weighted by Crippen LogP contribution is -2.43. The van der Waals surface area contributed by atoms with Crippen LogP contribution in [0.25, 0.3) is 0 Å². The Kier molecular flexibility index (Phi) is 3.85. The highest BCUT2D eigenvalue weighted by atomic mass is 16.5. The molecule has 1 aromatic rings. The fourth-order valence-electron chi connectivity index (χ4n) is 2.45. The highest BCUT2D eigenvalue weighted by Crippen LogP contribution is 2.35. The monoisotopic (exact) mass is 277 g/mol. The topological polar surface area (TPSA) is 50.7 Å². The van der Waals surface area contributed by atoms with E-state index < -0.39 is 5.54 Å². The molecular formula is C16H23NO3. The number of nitrogens with one attached hydrogen (secondary N) is 1. The van der Waals surface area contributed by atoms with E-state index in [1.165, 1.54) is 12.8 Å². The molecule has 0 spiro atoms. The highest BCUT2D eigenvalue weighted by molar-refractivity contribution is 5.45. The maximum atomic E-state index is 9.80. The van der Waals surface area contributed by atoms with Crippen LogP contribution in [0.15, 0.2) is 18.2 Å². The number of hydrogen-bond donors (Lipinski definition) is 2. The maximum Gasteiger partial charge on any atom is 0.161 e. The summed E-state index contributed by atoms with van der Waals surface area (Å²) in [6.07, 6.45) is 3.51. The Morgan fingerprint density at radius 2 is 2.00 bits per heavy atom. The van der Waals surface area contributed by atoms with Crippen LogP contribution in [0.3, 0.4) is 0 Å². The third-order valence-corrected chi connectivity index (χ3v) is 4.18. The second-order valence-electron chi connectivity index (χ2n) is 6.03. The molecule has 0 saturated heterocycles. The molecule has 1 unspecified atom stereocenters. The van der Waals surface area contributed by atoms with Crippen molar-refractivity contribution in [2.75, 3.05) is 26.4 Å². The average Bonchev–Trinajstić information content (AvgIpc) is 3.30. The lowest BCUT2D eigenvalue weighted by molar-refractivity contribution is 0.173. The summed E-state index contributed by atoms with van der Waals surface area (Å²) in [7, 11) is 0. The summed E-state index contributed by atoms with van der Waals surface area (Å²) in [5, 5.41) is 13.3. The standard InChI is InChI=1S/C16H23NO3/c1-16(11-18,17-10-12-3-4-12)13-5-6-14-15(9-13)20-8-2-7-19-14/h5-6,9,12,17-18H,2-4,7-8,10-11H2,1H3. The molecule has 2 aliphatic rings. The van der Waals surface area contributed by atoms with Gasteiger partial charge in [0.25, 0.3) is 0 Å². The molecule has 1 aliphatic carbocycles. The molecule has 1 aromatic carbocycles. The van der Waals surface area contributed by atoms with Crippen LogP contribution < -0.4 is 14.8 Å². The number of aliphatic hydroxyl groups is 1. The van der Waals surface area contributed by atoms with Crippen molar-refractivity contribution in [2.24, 2.45) is 5.92 Å². The van der Waals surface area contributed by atoms with Gasteiger partial charge in [0, 0.05) is 6.42 Å². The number of rotatable bonds is 5. The van der Waals surface area contributed by atoms with E-state index in [0.29, 0.717) is 13.2 Å². The first-order chi connectivity index (χ1) is 9.71. The summed E-state index contributed by atoms with van der Waals surface area (Å²) < 4.78 is 11.4. The van der Waals surface area contributed by atoms with Gasteiger partial charge in [-0.1, -0.05) is 6.07 Å². The van der Waals surface area contributed by atoms with E-state index in [4.69, 9.17) is 9.47 Å². The molecule has 1 atom stereocenters. The second kappa shape index (κ2) is 5.62. The molecule has 2 N–H and O–H groups in total. The summed E-state index contributed by atoms with van der Waals surface area (Å²) >= 11 is 0. The lowest BCUT2D eigenvalue weighted by Gasteiger charge is -2.30. The molecule has 20 heavy (non-hydrogen) atoms. The second-order valence-corrected chi connectivity index (χ2v) is 6.03. The Balaban J connectivity index is 1.81. The number of benzene rings is 1. The van der Waals surface area contributed by atoms with Crippen molar-refractivity contribution in [3.05, 3.63) is 23.8 Å². The zero-order valence-corrected chi connectivity index (χ0v) is 12.0. The smallest absolute Gasteiger partial charge is 0.161 e. The van der Waals surface area contributed by atoms with Gasteiger partial charge in [0.05, 0.1) is 25.4 Å². The van der Waals surface area contributed by atoms with Crippen molar-refractivity contribution >= 4 is 0 Å². The quantitative estimate of drug-likeness (QED) is 0.865. The largest absolute Gasteiger partial charge is 0.490 e. The van der Waals surface area contributed by atoms with Crippen LogP contribution in [-0.4, -0.2) is 31.5 Å². The van der Waals surface area contributed by atoms with Crippen molar-refractivity contribution in [1.82, 2.24) is 5.32 Å². The van der Waals surface area contributed by atoms with E-state index in [-0.39, 0.29) is 6.61 Å². The van der Waals surface area contributed by atoms with Gasteiger partial charge >= 0.3 is 0 Å². The predicted octanol–water partition coefficient (Wildman–Crippen LogP) is 2.05. The van der Waals surface area contributed by atoms with Gasteiger partial charge in [0.1, 0.15) is 0 Å². The summed E-state index contributed by atoms with van der Waals surface area (Å²) in [4.78, 5) is 0. The highest BCUT2D eigenvalue weighted by Gasteiger charge is 2.30. The van der Waals surface area contributed by atoms with Crippen molar-refractivity contribution in [3.63, 3.8) is 0 Å². The molecule has 4 heteroatoms. The van der Waals surface area contributed by atoms with Gasteiger partial charge < -0.3 is 19.9 Å². The summed E-state index contributed by atoms with van der Waals surface area (Å²) in [6, 6.07) is 5.96. The fourth-order valence-corrected chi connectivity index (χ4v) is 2.45. The first-order valence-electron chi connectivity index (χ1n) is 7.47. The van der Waals surface area contributed by atoms with Crippen LogP contribution in [0, 0.1) is 5.92 Å². The number of fused-ring (bicyclic) bond motifs is 1. The minimum Gasteiger partial charge on any atom is -0.490 e. The molecule has 3 rings (SSSR count). The lowest BCUT2D eigenvalue weighted by atomic mass is 9.92. The van der Waals surface area contributed by atoms with Gasteiger partial charge in [0.15, 0.2) is 11.5 Å². The first kappa shape index (κ1) is 13.7. The number of hydrogen-bond acceptors (Lipinski definition) is 4. The number of ether oxygens (including phenoxy) is 2. The van der Waals surface area contributed by atoms with E-state index in [9.17, 15) is 5.11 Å². The third kappa shape index (κ3) is 2.91. The molecule has 0 amide bonds. The van der Waals surface area contributed by atoms with Crippen molar-refractivity contribution < 1.29 is 14.6 Å². The van der Waals surface area contributed by atoms with Gasteiger partial charge in [-0.05, 0) is 49.9 Å². The number of aliphatic hydroxyl groups excluding tert-OH is 1. The van der Waals surface area contributed by atoms with E-state index in [2.05, 4.69) is 5.32 Å². The molecule has 1 saturated carbocycles.